The Morgan fingerprint density at radius 3 is 2.38 bits per heavy atom. The quantitative estimate of drug-likeness (QED) is 0.449. The molecule has 0 aliphatic rings. The topological polar surface area (TPSA) is 43.1 Å². The minimum absolute atomic E-state index is 0.137. The molecule has 1 aromatic rings. The van der Waals surface area contributed by atoms with Gasteiger partial charge in [-0.2, -0.15) is 0 Å². The van der Waals surface area contributed by atoms with Crippen LogP contribution in [0.25, 0.3) is 0 Å². The van der Waals surface area contributed by atoms with Crippen LogP contribution >= 0.6 is 34.8 Å². The lowest BCUT2D eigenvalue weighted by atomic mass is 10.2. The van der Waals surface area contributed by atoms with Gasteiger partial charge in [-0.15, -0.1) is 0 Å². The number of hydrogen-bond donors (Lipinski definition) is 0. The molecule has 0 amide bonds. The minimum atomic E-state index is -0.992. The summed E-state index contributed by atoms with van der Waals surface area (Å²) < 4.78 is 0. The lowest BCUT2D eigenvalue weighted by molar-refractivity contribution is -0.385. The molecule has 0 spiro atoms. The van der Waals surface area contributed by atoms with Gasteiger partial charge in [-0.25, -0.2) is 0 Å². The summed E-state index contributed by atoms with van der Waals surface area (Å²) in [4.78, 5) is 8.95. The van der Waals surface area contributed by atoms with Gasteiger partial charge in [0.1, 0.15) is 4.84 Å². The van der Waals surface area contributed by atoms with Crippen molar-refractivity contribution in [3.63, 3.8) is 0 Å². The van der Waals surface area contributed by atoms with Gasteiger partial charge in [0, 0.05) is 6.07 Å². The fourth-order valence-corrected chi connectivity index (χ4v) is 1.75. The third kappa shape index (κ3) is 2.24. The zero-order valence-electron chi connectivity index (χ0n) is 6.21. The van der Waals surface area contributed by atoms with E-state index in [0.717, 1.165) is 0 Å². The van der Waals surface area contributed by atoms with E-state index < -0.39 is 9.76 Å². The number of nitro benzene ring substituents is 1. The molecule has 0 N–H and O–H groups in total. The molecule has 6 heteroatoms. The molecule has 13 heavy (non-hydrogen) atoms. The number of alkyl halides is 2. The summed E-state index contributed by atoms with van der Waals surface area (Å²) in [5, 5.41) is 10.7. The monoisotopic (exact) mass is 239 g/mol. The van der Waals surface area contributed by atoms with Crippen molar-refractivity contribution < 1.29 is 4.92 Å². The van der Waals surface area contributed by atoms with Crippen LogP contribution in [0, 0.1) is 10.1 Å². The molecule has 0 unspecified atom stereocenters. The van der Waals surface area contributed by atoms with Crippen molar-refractivity contribution in [2.24, 2.45) is 0 Å². The first-order valence-corrected chi connectivity index (χ1v) is 4.50. The van der Waals surface area contributed by atoms with Crippen molar-refractivity contribution in [2.45, 2.75) is 4.84 Å². The molecule has 0 heterocycles. The first-order valence-electron chi connectivity index (χ1n) is 3.25. The average Bonchev–Trinajstić information content (AvgIpc) is 2.02. The molecular weight excluding hydrogens is 236 g/mol. The van der Waals surface area contributed by atoms with E-state index in [1.807, 2.05) is 0 Å². The second-order valence-electron chi connectivity index (χ2n) is 2.23. The molecule has 0 saturated carbocycles. The second-order valence-corrected chi connectivity index (χ2v) is 3.73. The van der Waals surface area contributed by atoms with E-state index in [1.54, 1.807) is 0 Å². The molecule has 0 aliphatic heterocycles. The molecule has 70 valence electrons. The first kappa shape index (κ1) is 10.6. The van der Waals surface area contributed by atoms with E-state index in [9.17, 15) is 10.1 Å². The highest BCUT2D eigenvalue weighted by Crippen LogP contribution is 2.37. The van der Waals surface area contributed by atoms with E-state index >= 15 is 0 Å². The molecule has 1 aromatic carbocycles. The van der Waals surface area contributed by atoms with E-state index in [-0.39, 0.29) is 16.3 Å². The van der Waals surface area contributed by atoms with Crippen LogP contribution in [-0.4, -0.2) is 4.92 Å². The molecule has 0 fully saturated rings. The molecule has 0 bridgehead atoms. The number of hydrogen-bond acceptors (Lipinski definition) is 2. The Labute approximate surface area is 89.4 Å². The van der Waals surface area contributed by atoms with Crippen LogP contribution in [0.5, 0.6) is 0 Å². The van der Waals surface area contributed by atoms with Gasteiger partial charge in [-0.1, -0.05) is 40.9 Å². The summed E-state index contributed by atoms with van der Waals surface area (Å²) >= 11 is 16.8. The van der Waals surface area contributed by atoms with Crippen LogP contribution < -0.4 is 0 Å². The predicted molar refractivity (Wildman–Crippen MR) is 52.6 cm³/mol. The zero-order valence-corrected chi connectivity index (χ0v) is 8.47. The highest BCUT2D eigenvalue weighted by atomic mass is 35.5. The van der Waals surface area contributed by atoms with E-state index in [1.165, 1.54) is 18.2 Å². The Hall–Kier alpha value is -0.510. The highest BCUT2D eigenvalue weighted by molar-refractivity contribution is 6.45. The predicted octanol–water partition coefficient (Wildman–Crippen LogP) is 3.72. The van der Waals surface area contributed by atoms with Crippen molar-refractivity contribution in [3.05, 3.63) is 38.9 Å². The number of benzene rings is 1. The Kier molecular flexibility index (Phi) is 3.36. The molecule has 0 aromatic heterocycles. The maximum absolute atomic E-state index is 10.5. The van der Waals surface area contributed by atoms with Gasteiger partial charge in [-0.05, 0) is 6.07 Å². The first-order chi connectivity index (χ1) is 6.04. The summed E-state index contributed by atoms with van der Waals surface area (Å²) in [5.41, 5.74) is -0.0278. The standard InChI is InChI=1S/C7H4Cl3NO2/c8-4-2-1-3-5(11(12)13)6(4)7(9)10/h1-3,7H. The zero-order chi connectivity index (χ0) is 10.0. The number of halogens is 3. The Balaban J connectivity index is 3.34. The van der Waals surface area contributed by atoms with Crippen molar-refractivity contribution in [3.8, 4) is 0 Å². The Morgan fingerprint density at radius 2 is 2.00 bits per heavy atom. The molecule has 0 radical (unpaired) electrons. The summed E-state index contributed by atoms with van der Waals surface area (Å²) in [5.74, 6) is 0. The van der Waals surface area contributed by atoms with Crippen molar-refractivity contribution >= 4 is 40.5 Å². The SMILES string of the molecule is O=[N+]([O-])c1cccc(Cl)c1C(Cl)Cl. The smallest absolute Gasteiger partial charge is 0.258 e. The fraction of sp³-hybridized carbons (Fsp3) is 0.143. The van der Waals surface area contributed by atoms with Gasteiger partial charge in [0.2, 0.25) is 0 Å². The summed E-state index contributed by atoms with van der Waals surface area (Å²) in [6.07, 6.45) is 0. The van der Waals surface area contributed by atoms with Crippen LogP contribution in [0.1, 0.15) is 10.4 Å². The van der Waals surface area contributed by atoms with Crippen molar-refractivity contribution in [2.75, 3.05) is 0 Å². The van der Waals surface area contributed by atoms with Gasteiger partial charge in [0.15, 0.2) is 0 Å². The molecule has 0 saturated heterocycles. The molecule has 3 nitrogen and oxygen atoms in total. The van der Waals surface area contributed by atoms with Crippen LogP contribution in [-0.2, 0) is 0 Å². The molecule has 1 rings (SSSR count). The van der Waals surface area contributed by atoms with Crippen LogP contribution in [0.3, 0.4) is 0 Å². The normalized spacial score (nSPS) is 10.5. The lowest BCUT2D eigenvalue weighted by Gasteiger charge is -2.04. The summed E-state index contributed by atoms with van der Waals surface area (Å²) in [6.45, 7) is 0. The minimum Gasteiger partial charge on any atom is -0.258 e. The number of rotatable bonds is 2. The fourth-order valence-electron chi connectivity index (χ4n) is 0.901. The van der Waals surface area contributed by atoms with Crippen LogP contribution in [0.15, 0.2) is 18.2 Å². The molecular formula is C7H4Cl3NO2. The van der Waals surface area contributed by atoms with Crippen LogP contribution in [0.2, 0.25) is 5.02 Å². The molecule has 0 aliphatic carbocycles. The summed E-state index contributed by atoms with van der Waals surface area (Å²) in [7, 11) is 0. The largest absolute Gasteiger partial charge is 0.276 e. The van der Waals surface area contributed by atoms with E-state index in [4.69, 9.17) is 34.8 Å². The molecule has 0 atom stereocenters. The van der Waals surface area contributed by atoms with Gasteiger partial charge in [0.25, 0.3) is 5.69 Å². The Bertz CT molecular complexity index is 341. The van der Waals surface area contributed by atoms with E-state index in [0.29, 0.717) is 0 Å². The maximum atomic E-state index is 10.5. The average molecular weight is 240 g/mol. The third-order valence-corrected chi connectivity index (χ3v) is 2.21. The van der Waals surface area contributed by atoms with Gasteiger partial charge in [0.05, 0.1) is 15.5 Å². The van der Waals surface area contributed by atoms with Gasteiger partial charge in [-0.3, -0.25) is 10.1 Å². The summed E-state index contributed by atoms with van der Waals surface area (Å²) in [6, 6.07) is 4.28. The lowest BCUT2D eigenvalue weighted by Crippen LogP contribution is -1.95. The highest BCUT2D eigenvalue weighted by Gasteiger charge is 2.21. The number of nitro groups is 1. The van der Waals surface area contributed by atoms with Gasteiger partial charge >= 0.3 is 0 Å². The van der Waals surface area contributed by atoms with Crippen molar-refractivity contribution in [1.29, 1.82) is 0 Å². The second kappa shape index (κ2) is 4.13. The van der Waals surface area contributed by atoms with Crippen molar-refractivity contribution in [1.82, 2.24) is 0 Å². The van der Waals surface area contributed by atoms with Crippen LogP contribution in [0.4, 0.5) is 5.69 Å². The van der Waals surface area contributed by atoms with Gasteiger partial charge < -0.3 is 0 Å². The van der Waals surface area contributed by atoms with E-state index in [2.05, 4.69) is 0 Å². The number of nitrogens with zero attached hydrogens (tertiary/aromatic N) is 1. The Morgan fingerprint density at radius 1 is 1.38 bits per heavy atom. The third-order valence-electron chi connectivity index (χ3n) is 1.44. The maximum Gasteiger partial charge on any atom is 0.276 e.